The average molecular weight is 449 g/mol. The van der Waals surface area contributed by atoms with Crippen LogP contribution in [0.2, 0.25) is 0 Å². The number of carbonyl (C=O) groups excluding carboxylic acids is 1. The van der Waals surface area contributed by atoms with Crippen molar-refractivity contribution in [3.8, 4) is 11.3 Å². The molecule has 1 aromatic heterocycles. The highest BCUT2D eigenvalue weighted by Gasteiger charge is 2.36. The van der Waals surface area contributed by atoms with Crippen LogP contribution in [0.1, 0.15) is 20.9 Å². The van der Waals surface area contributed by atoms with Gasteiger partial charge in [-0.15, -0.1) is 11.3 Å². The molecule has 0 saturated carbocycles. The summed E-state index contributed by atoms with van der Waals surface area (Å²) < 4.78 is 52.7. The molecule has 162 valence electrons. The summed E-state index contributed by atoms with van der Waals surface area (Å²) >= 11 is 1.50. The highest BCUT2D eigenvalue weighted by Crippen LogP contribution is 2.32. The van der Waals surface area contributed by atoms with Gasteiger partial charge in [0.15, 0.2) is 0 Å². The zero-order chi connectivity index (χ0) is 22.0. The molecule has 0 bridgehead atoms. The summed E-state index contributed by atoms with van der Waals surface area (Å²) in [4.78, 5) is 20.9. The minimum absolute atomic E-state index is 0.301. The predicted molar refractivity (Wildman–Crippen MR) is 110 cm³/mol. The van der Waals surface area contributed by atoms with Crippen LogP contribution < -0.4 is 0 Å². The van der Waals surface area contributed by atoms with E-state index in [-0.39, 0.29) is 11.4 Å². The number of nitrogens with zero attached hydrogens (tertiary/aromatic N) is 3. The summed E-state index contributed by atoms with van der Waals surface area (Å²) in [5, 5.41) is 2.80. The topological polar surface area (TPSA) is 36.4 Å². The Labute approximate surface area is 180 Å². The van der Waals surface area contributed by atoms with Crippen LogP contribution in [0.5, 0.6) is 0 Å². The van der Waals surface area contributed by atoms with E-state index in [1.165, 1.54) is 46.6 Å². The number of piperazine rings is 1. The molecule has 0 spiro atoms. The Morgan fingerprint density at radius 3 is 2.35 bits per heavy atom. The molecule has 4 rings (SSSR count). The van der Waals surface area contributed by atoms with Gasteiger partial charge in [-0.25, -0.2) is 9.37 Å². The fraction of sp³-hybridized carbons (Fsp3) is 0.273. The number of benzene rings is 2. The maximum absolute atomic E-state index is 13.2. The normalized spacial score (nSPS) is 15.3. The number of thiazole rings is 1. The van der Waals surface area contributed by atoms with Crippen molar-refractivity contribution in [2.75, 3.05) is 26.2 Å². The van der Waals surface area contributed by atoms with Crippen molar-refractivity contribution in [1.29, 1.82) is 0 Å². The summed E-state index contributed by atoms with van der Waals surface area (Å²) in [6.45, 7) is 2.38. The summed E-state index contributed by atoms with van der Waals surface area (Å²) in [5.41, 5.74) is 0.395. The van der Waals surface area contributed by atoms with E-state index in [4.69, 9.17) is 0 Å². The van der Waals surface area contributed by atoms with E-state index in [0.717, 1.165) is 22.3 Å². The van der Waals surface area contributed by atoms with E-state index in [9.17, 15) is 22.4 Å². The van der Waals surface area contributed by atoms with E-state index >= 15 is 0 Å². The summed E-state index contributed by atoms with van der Waals surface area (Å²) in [5.74, 6) is -0.898. The number of amides is 1. The molecule has 1 fully saturated rings. The van der Waals surface area contributed by atoms with Gasteiger partial charge in [0.1, 0.15) is 10.8 Å². The minimum atomic E-state index is -4.57. The van der Waals surface area contributed by atoms with Crippen LogP contribution in [0.4, 0.5) is 17.6 Å². The first-order valence-corrected chi connectivity index (χ1v) is 10.6. The van der Waals surface area contributed by atoms with Crippen molar-refractivity contribution in [2.45, 2.75) is 12.7 Å². The van der Waals surface area contributed by atoms with Crippen molar-refractivity contribution in [3.63, 3.8) is 0 Å². The van der Waals surface area contributed by atoms with Gasteiger partial charge in [0.2, 0.25) is 0 Å². The lowest BCUT2D eigenvalue weighted by Gasteiger charge is -2.34. The Kier molecular flexibility index (Phi) is 6.06. The van der Waals surface area contributed by atoms with Gasteiger partial charge in [-0.05, 0) is 36.4 Å². The second kappa shape index (κ2) is 8.76. The van der Waals surface area contributed by atoms with Crippen LogP contribution in [0.15, 0.2) is 53.9 Å². The van der Waals surface area contributed by atoms with Crippen LogP contribution in [0.25, 0.3) is 11.3 Å². The van der Waals surface area contributed by atoms with E-state index in [1.54, 1.807) is 12.1 Å². The molecule has 3 aromatic rings. The first kappa shape index (κ1) is 21.5. The highest BCUT2D eigenvalue weighted by atomic mass is 32.1. The first-order chi connectivity index (χ1) is 14.8. The van der Waals surface area contributed by atoms with Gasteiger partial charge >= 0.3 is 6.18 Å². The second-order valence-corrected chi connectivity index (χ2v) is 8.19. The van der Waals surface area contributed by atoms with Gasteiger partial charge in [0.05, 0.1) is 23.4 Å². The van der Waals surface area contributed by atoms with Crippen LogP contribution >= 0.6 is 11.3 Å². The molecule has 9 heteroatoms. The predicted octanol–water partition coefficient (Wildman–Crippen LogP) is 4.93. The molecule has 1 aliphatic rings. The number of halogens is 4. The van der Waals surface area contributed by atoms with Crippen LogP contribution in [-0.2, 0) is 12.7 Å². The lowest BCUT2D eigenvalue weighted by atomic mass is 10.1. The van der Waals surface area contributed by atoms with E-state index in [2.05, 4.69) is 9.88 Å². The quantitative estimate of drug-likeness (QED) is 0.530. The summed E-state index contributed by atoms with van der Waals surface area (Å²) in [6, 6.07) is 11.0. The SMILES string of the molecule is O=C(c1ccccc1C(F)(F)F)N1CCN(Cc2nc(-c3ccc(F)cc3)cs2)CC1. The Bertz CT molecular complexity index is 1060. The van der Waals surface area contributed by atoms with Crippen molar-refractivity contribution in [3.05, 3.63) is 75.9 Å². The van der Waals surface area contributed by atoms with Gasteiger partial charge < -0.3 is 4.90 Å². The summed E-state index contributed by atoms with van der Waals surface area (Å²) in [6.07, 6.45) is -4.57. The minimum Gasteiger partial charge on any atom is -0.336 e. The molecule has 0 N–H and O–H groups in total. The standard InChI is InChI=1S/C22H19F4N3OS/c23-16-7-5-15(6-8-16)19-14-31-20(27-19)13-28-9-11-29(12-10-28)21(30)17-3-1-2-4-18(17)22(24,25)26/h1-8,14H,9-13H2. The first-order valence-electron chi connectivity index (χ1n) is 9.69. The number of rotatable bonds is 4. The molecular formula is C22H19F4N3OS. The zero-order valence-corrected chi connectivity index (χ0v) is 17.2. The molecule has 1 aliphatic heterocycles. The van der Waals surface area contributed by atoms with Crippen LogP contribution in [-0.4, -0.2) is 46.9 Å². The van der Waals surface area contributed by atoms with Crippen LogP contribution in [0.3, 0.4) is 0 Å². The van der Waals surface area contributed by atoms with Crippen LogP contribution in [0, 0.1) is 5.82 Å². The Morgan fingerprint density at radius 1 is 1.00 bits per heavy atom. The number of alkyl halides is 3. The van der Waals surface area contributed by atoms with E-state index < -0.39 is 17.6 Å². The maximum atomic E-state index is 13.2. The van der Waals surface area contributed by atoms with E-state index in [0.29, 0.717) is 32.7 Å². The third-order valence-electron chi connectivity index (χ3n) is 5.17. The lowest BCUT2D eigenvalue weighted by molar-refractivity contribution is -0.138. The largest absolute Gasteiger partial charge is 0.417 e. The highest BCUT2D eigenvalue weighted by molar-refractivity contribution is 7.09. The number of hydrogen-bond acceptors (Lipinski definition) is 4. The van der Waals surface area contributed by atoms with Gasteiger partial charge in [0, 0.05) is 37.1 Å². The molecule has 4 nitrogen and oxygen atoms in total. The lowest BCUT2D eigenvalue weighted by Crippen LogP contribution is -2.48. The smallest absolute Gasteiger partial charge is 0.336 e. The zero-order valence-electron chi connectivity index (χ0n) is 16.4. The second-order valence-electron chi connectivity index (χ2n) is 7.25. The van der Waals surface area contributed by atoms with Crippen molar-refractivity contribution < 1.29 is 22.4 Å². The van der Waals surface area contributed by atoms with Crippen molar-refractivity contribution in [2.24, 2.45) is 0 Å². The Hall–Kier alpha value is -2.78. The number of hydrogen-bond donors (Lipinski definition) is 0. The molecule has 0 aliphatic carbocycles. The molecule has 1 amide bonds. The molecule has 2 aromatic carbocycles. The van der Waals surface area contributed by atoms with Crippen molar-refractivity contribution >= 4 is 17.2 Å². The average Bonchev–Trinajstić information content (AvgIpc) is 3.22. The number of aromatic nitrogens is 1. The Balaban J connectivity index is 1.37. The van der Waals surface area contributed by atoms with Crippen molar-refractivity contribution in [1.82, 2.24) is 14.8 Å². The van der Waals surface area contributed by atoms with Gasteiger partial charge in [-0.3, -0.25) is 9.69 Å². The van der Waals surface area contributed by atoms with Gasteiger partial charge in [-0.2, -0.15) is 13.2 Å². The molecule has 1 saturated heterocycles. The molecule has 31 heavy (non-hydrogen) atoms. The maximum Gasteiger partial charge on any atom is 0.417 e. The molecule has 0 radical (unpaired) electrons. The monoisotopic (exact) mass is 449 g/mol. The molecular weight excluding hydrogens is 430 g/mol. The fourth-order valence-electron chi connectivity index (χ4n) is 3.52. The third-order valence-corrected chi connectivity index (χ3v) is 6.01. The van der Waals surface area contributed by atoms with Gasteiger partial charge in [-0.1, -0.05) is 12.1 Å². The molecule has 0 atom stereocenters. The molecule has 0 unspecified atom stereocenters. The summed E-state index contributed by atoms with van der Waals surface area (Å²) in [7, 11) is 0. The number of carbonyl (C=O) groups is 1. The third kappa shape index (κ3) is 4.94. The Morgan fingerprint density at radius 2 is 1.68 bits per heavy atom. The fourth-order valence-corrected chi connectivity index (χ4v) is 4.37. The molecule has 2 heterocycles. The van der Waals surface area contributed by atoms with E-state index in [1.807, 2.05) is 5.38 Å². The van der Waals surface area contributed by atoms with Gasteiger partial charge in [0.25, 0.3) is 5.91 Å².